The van der Waals surface area contributed by atoms with Crippen molar-refractivity contribution in [3.63, 3.8) is 0 Å². The molecule has 0 aliphatic heterocycles. The van der Waals surface area contributed by atoms with Gasteiger partial charge in [0.05, 0.1) is 13.0 Å². The van der Waals surface area contributed by atoms with E-state index in [2.05, 4.69) is 53.4 Å². The molecule has 122 valence electrons. The minimum Gasteiger partial charge on any atom is -0.466 e. The minimum absolute atomic E-state index is 0.120. The first-order chi connectivity index (χ1) is 11.3. The van der Waals surface area contributed by atoms with Crippen LogP contribution < -0.4 is 0 Å². The number of ether oxygens (including phenoxy) is 1. The van der Waals surface area contributed by atoms with Gasteiger partial charge in [0, 0.05) is 19.6 Å². The van der Waals surface area contributed by atoms with Gasteiger partial charge in [0.1, 0.15) is 0 Å². The summed E-state index contributed by atoms with van der Waals surface area (Å²) >= 11 is 0. The van der Waals surface area contributed by atoms with Gasteiger partial charge in [-0.2, -0.15) is 0 Å². The van der Waals surface area contributed by atoms with Crippen molar-refractivity contribution < 1.29 is 9.53 Å². The molecule has 0 saturated heterocycles. The van der Waals surface area contributed by atoms with Crippen molar-refractivity contribution in [3.8, 4) is 0 Å². The van der Waals surface area contributed by atoms with E-state index < -0.39 is 0 Å². The summed E-state index contributed by atoms with van der Waals surface area (Å²) in [7, 11) is 0. The third-order valence-electron chi connectivity index (χ3n) is 3.75. The number of hydrogen-bond acceptors (Lipinski definition) is 3. The van der Waals surface area contributed by atoms with Crippen LogP contribution in [0.4, 0.5) is 0 Å². The predicted molar refractivity (Wildman–Crippen MR) is 93.1 cm³/mol. The molecule has 0 spiro atoms. The summed E-state index contributed by atoms with van der Waals surface area (Å²) in [5, 5.41) is 0. The van der Waals surface area contributed by atoms with Crippen LogP contribution in [-0.4, -0.2) is 30.6 Å². The molecular weight excluding hydrogens is 286 g/mol. The van der Waals surface area contributed by atoms with Crippen LogP contribution in [-0.2, 0) is 22.5 Å². The van der Waals surface area contributed by atoms with E-state index in [-0.39, 0.29) is 5.97 Å². The zero-order valence-electron chi connectivity index (χ0n) is 13.8. The highest BCUT2D eigenvalue weighted by Gasteiger charge is 2.10. The largest absolute Gasteiger partial charge is 0.466 e. The van der Waals surface area contributed by atoms with E-state index in [1.165, 1.54) is 11.1 Å². The van der Waals surface area contributed by atoms with Crippen LogP contribution in [0.3, 0.4) is 0 Å². The quantitative estimate of drug-likeness (QED) is 0.662. The van der Waals surface area contributed by atoms with Crippen LogP contribution in [0.5, 0.6) is 0 Å². The van der Waals surface area contributed by atoms with Gasteiger partial charge in [-0.05, 0) is 24.5 Å². The molecule has 0 aromatic heterocycles. The maximum Gasteiger partial charge on any atom is 0.307 e. The Bertz CT molecular complexity index is 569. The Kier molecular flexibility index (Phi) is 7.34. The molecule has 0 radical (unpaired) electrons. The molecule has 0 heterocycles. The summed E-state index contributed by atoms with van der Waals surface area (Å²) in [4.78, 5) is 13.9. The molecule has 0 aliphatic rings. The highest BCUT2D eigenvalue weighted by Crippen LogP contribution is 2.08. The van der Waals surface area contributed by atoms with Crippen molar-refractivity contribution in [2.45, 2.75) is 26.3 Å². The summed E-state index contributed by atoms with van der Waals surface area (Å²) in [6.45, 7) is 4.79. The van der Waals surface area contributed by atoms with Crippen molar-refractivity contribution in [1.82, 2.24) is 4.90 Å². The first-order valence-electron chi connectivity index (χ1n) is 8.23. The molecule has 2 aromatic carbocycles. The van der Waals surface area contributed by atoms with Crippen molar-refractivity contribution in [2.75, 3.05) is 19.7 Å². The molecule has 0 amide bonds. The minimum atomic E-state index is -0.120. The Labute approximate surface area is 138 Å². The lowest BCUT2D eigenvalue weighted by atomic mass is 10.1. The van der Waals surface area contributed by atoms with Gasteiger partial charge in [-0.1, -0.05) is 60.7 Å². The molecule has 0 bridgehead atoms. The third-order valence-corrected chi connectivity index (χ3v) is 3.75. The van der Waals surface area contributed by atoms with Crippen molar-refractivity contribution in [2.24, 2.45) is 0 Å². The molecule has 0 atom stereocenters. The van der Waals surface area contributed by atoms with Crippen molar-refractivity contribution >= 4 is 5.97 Å². The van der Waals surface area contributed by atoms with E-state index in [0.29, 0.717) is 13.0 Å². The van der Waals surface area contributed by atoms with Crippen molar-refractivity contribution in [1.29, 1.82) is 0 Å². The lowest BCUT2D eigenvalue weighted by Crippen LogP contribution is -2.28. The van der Waals surface area contributed by atoms with Gasteiger partial charge in [-0.3, -0.25) is 9.69 Å². The number of nitrogens with zero attached hydrogens (tertiary/aromatic N) is 1. The van der Waals surface area contributed by atoms with Crippen LogP contribution in [0.15, 0.2) is 60.7 Å². The van der Waals surface area contributed by atoms with Gasteiger partial charge in [0.15, 0.2) is 0 Å². The Balaban J connectivity index is 1.91. The first kappa shape index (κ1) is 17.2. The smallest absolute Gasteiger partial charge is 0.307 e. The topological polar surface area (TPSA) is 29.5 Å². The van der Waals surface area contributed by atoms with E-state index in [1.807, 2.05) is 19.1 Å². The van der Waals surface area contributed by atoms with Crippen LogP contribution >= 0.6 is 0 Å². The Morgan fingerprint density at radius 3 is 2.13 bits per heavy atom. The fourth-order valence-electron chi connectivity index (χ4n) is 2.53. The second kappa shape index (κ2) is 9.80. The van der Waals surface area contributed by atoms with Crippen LogP contribution in [0, 0.1) is 0 Å². The summed E-state index contributed by atoms with van der Waals surface area (Å²) in [5.41, 5.74) is 2.59. The molecule has 0 fully saturated rings. The molecule has 0 aliphatic carbocycles. The molecule has 0 N–H and O–H groups in total. The number of hydrogen-bond donors (Lipinski definition) is 0. The molecule has 3 heteroatoms. The van der Waals surface area contributed by atoms with Gasteiger partial charge >= 0.3 is 5.97 Å². The second-order valence-corrected chi connectivity index (χ2v) is 5.55. The number of carbonyl (C=O) groups is 1. The van der Waals surface area contributed by atoms with Gasteiger partial charge in [-0.25, -0.2) is 0 Å². The number of carbonyl (C=O) groups excluding carboxylic acids is 1. The zero-order chi connectivity index (χ0) is 16.3. The predicted octanol–water partition coefficient (Wildman–Crippen LogP) is 3.68. The standard InChI is InChI=1S/C20H25NO2/c1-2-23-20(22)14-16-21(17-19-11-7-4-8-12-19)15-13-18-9-5-3-6-10-18/h3-12H,2,13-17H2,1H3. The average molecular weight is 311 g/mol. The first-order valence-corrected chi connectivity index (χ1v) is 8.23. The van der Waals surface area contributed by atoms with Crippen molar-refractivity contribution in [3.05, 3.63) is 71.8 Å². The van der Waals surface area contributed by atoms with Gasteiger partial charge < -0.3 is 4.74 Å². The fraction of sp³-hybridized carbons (Fsp3) is 0.350. The molecule has 23 heavy (non-hydrogen) atoms. The number of benzene rings is 2. The third kappa shape index (κ3) is 6.66. The molecule has 0 saturated carbocycles. The molecule has 2 aromatic rings. The second-order valence-electron chi connectivity index (χ2n) is 5.55. The maximum absolute atomic E-state index is 11.6. The van der Waals surface area contributed by atoms with Gasteiger partial charge in [0.25, 0.3) is 0 Å². The van der Waals surface area contributed by atoms with E-state index >= 15 is 0 Å². The van der Waals surface area contributed by atoms with Gasteiger partial charge in [0.2, 0.25) is 0 Å². The summed E-state index contributed by atoms with van der Waals surface area (Å²) < 4.78 is 5.04. The molecule has 0 unspecified atom stereocenters. The molecule has 3 nitrogen and oxygen atoms in total. The number of esters is 1. The summed E-state index contributed by atoms with van der Waals surface area (Å²) in [6.07, 6.45) is 1.42. The maximum atomic E-state index is 11.6. The van der Waals surface area contributed by atoms with E-state index in [9.17, 15) is 4.79 Å². The van der Waals surface area contributed by atoms with E-state index in [1.54, 1.807) is 0 Å². The highest BCUT2D eigenvalue weighted by molar-refractivity contribution is 5.69. The average Bonchev–Trinajstić information content (AvgIpc) is 2.59. The highest BCUT2D eigenvalue weighted by atomic mass is 16.5. The summed E-state index contributed by atoms with van der Waals surface area (Å²) in [5.74, 6) is -0.120. The Morgan fingerprint density at radius 2 is 1.52 bits per heavy atom. The van der Waals surface area contributed by atoms with Crippen LogP contribution in [0.25, 0.3) is 0 Å². The lowest BCUT2D eigenvalue weighted by molar-refractivity contribution is -0.143. The monoisotopic (exact) mass is 311 g/mol. The molecule has 2 rings (SSSR count). The Morgan fingerprint density at radius 1 is 0.913 bits per heavy atom. The van der Waals surface area contributed by atoms with Gasteiger partial charge in [-0.15, -0.1) is 0 Å². The lowest BCUT2D eigenvalue weighted by Gasteiger charge is -2.22. The Hall–Kier alpha value is -2.13. The fourth-order valence-corrected chi connectivity index (χ4v) is 2.53. The van der Waals surface area contributed by atoms with Crippen LogP contribution in [0.1, 0.15) is 24.5 Å². The van der Waals surface area contributed by atoms with Crippen LogP contribution in [0.2, 0.25) is 0 Å². The molecular formula is C20H25NO2. The SMILES string of the molecule is CCOC(=O)CCN(CCc1ccccc1)Cc1ccccc1. The van der Waals surface area contributed by atoms with E-state index in [0.717, 1.165) is 26.1 Å². The van der Waals surface area contributed by atoms with E-state index in [4.69, 9.17) is 4.74 Å². The normalized spacial score (nSPS) is 10.7. The summed E-state index contributed by atoms with van der Waals surface area (Å²) in [6, 6.07) is 20.8. The zero-order valence-corrected chi connectivity index (χ0v) is 13.8. The number of rotatable bonds is 9.